The normalized spacial score (nSPS) is 25.8. The summed E-state index contributed by atoms with van der Waals surface area (Å²) in [5.74, 6) is 0.153. The topological polar surface area (TPSA) is 51.2 Å². The van der Waals surface area contributed by atoms with E-state index in [1.165, 1.54) is 32.1 Å². The van der Waals surface area contributed by atoms with Crippen molar-refractivity contribution < 1.29 is 9.53 Å². The number of pyridine rings is 1. The van der Waals surface area contributed by atoms with Crippen LogP contribution >= 0.6 is 0 Å². The fraction of sp³-hybridized carbons (Fsp3) is 0.684. The second-order valence-corrected chi connectivity index (χ2v) is 6.91. The Morgan fingerprint density at radius 1 is 1.35 bits per heavy atom. The highest BCUT2D eigenvalue weighted by Crippen LogP contribution is 2.53. The first kappa shape index (κ1) is 16.4. The van der Waals surface area contributed by atoms with E-state index in [2.05, 4.69) is 17.2 Å². The zero-order valence-electron chi connectivity index (χ0n) is 14.1. The van der Waals surface area contributed by atoms with Crippen molar-refractivity contribution in [3.8, 4) is 0 Å². The molecule has 2 aliphatic rings. The molecular formula is C19H28N2O2. The molecule has 1 N–H and O–H groups in total. The molecule has 1 amide bonds. The van der Waals surface area contributed by atoms with Gasteiger partial charge < -0.3 is 10.1 Å². The molecule has 2 atom stereocenters. The Morgan fingerprint density at radius 3 is 2.87 bits per heavy atom. The van der Waals surface area contributed by atoms with E-state index in [4.69, 9.17) is 4.74 Å². The Hall–Kier alpha value is -1.42. The van der Waals surface area contributed by atoms with Crippen molar-refractivity contribution in [3.05, 3.63) is 30.1 Å². The van der Waals surface area contributed by atoms with E-state index >= 15 is 0 Å². The average molecular weight is 316 g/mol. The maximum atomic E-state index is 12.3. The fourth-order valence-electron chi connectivity index (χ4n) is 4.32. The van der Waals surface area contributed by atoms with Gasteiger partial charge in [-0.05, 0) is 44.7 Å². The summed E-state index contributed by atoms with van der Waals surface area (Å²) < 4.78 is 5.95. The van der Waals surface area contributed by atoms with Crippen molar-refractivity contribution in [3.63, 3.8) is 0 Å². The summed E-state index contributed by atoms with van der Waals surface area (Å²) >= 11 is 0. The second kappa shape index (κ2) is 7.43. The van der Waals surface area contributed by atoms with Crippen LogP contribution < -0.4 is 5.32 Å². The number of nitrogens with one attached hydrogen (secondary N) is 1. The highest BCUT2D eigenvalue weighted by molar-refractivity contribution is 5.76. The molecule has 2 aliphatic carbocycles. The number of hydrogen-bond donors (Lipinski definition) is 1. The van der Waals surface area contributed by atoms with Crippen molar-refractivity contribution >= 4 is 5.91 Å². The van der Waals surface area contributed by atoms with E-state index in [1.807, 2.05) is 18.2 Å². The molecule has 0 saturated heterocycles. The highest BCUT2D eigenvalue weighted by atomic mass is 16.5. The molecule has 0 radical (unpaired) electrons. The minimum atomic E-state index is 0.153. The molecular weight excluding hydrogens is 288 g/mol. The molecule has 23 heavy (non-hydrogen) atoms. The zero-order valence-corrected chi connectivity index (χ0v) is 14.1. The second-order valence-electron chi connectivity index (χ2n) is 6.91. The van der Waals surface area contributed by atoms with Crippen molar-refractivity contribution in [2.24, 2.45) is 5.41 Å². The lowest BCUT2D eigenvalue weighted by molar-refractivity contribution is -0.157. The summed E-state index contributed by atoms with van der Waals surface area (Å²) in [5.41, 5.74) is 1.19. The molecule has 0 bridgehead atoms. The van der Waals surface area contributed by atoms with Crippen LogP contribution in [-0.2, 0) is 16.0 Å². The Bertz CT molecular complexity index is 511. The van der Waals surface area contributed by atoms with Gasteiger partial charge in [0.2, 0.25) is 5.91 Å². The van der Waals surface area contributed by atoms with Crippen molar-refractivity contribution in [2.75, 3.05) is 6.61 Å². The summed E-state index contributed by atoms with van der Waals surface area (Å²) in [7, 11) is 0. The van der Waals surface area contributed by atoms with Gasteiger partial charge in [0.25, 0.3) is 0 Å². The Balaban J connectivity index is 1.53. The molecule has 2 fully saturated rings. The fourth-order valence-corrected chi connectivity index (χ4v) is 4.32. The first-order valence-corrected chi connectivity index (χ1v) is 9.05. The maximum Gasteiger partial charge on any atom is 0.220 e. The summed E-state index contributed by atoms with van der Waals surface area (Å²) in [4.78, 5) is 16.6. The maximum absolute atomic E-state index is 12.3. The van der Waals surface area contributed by atoms with Crippen LogP contribution in [0.25, 0.3) is 0 Å². The van der Waals surface area contributed by atoms with Gasteiger partial charge in [0, 0.05) is 36.4 Å². The summed E-state index contributed by atoms with van der Waals surface area (Å²) in [6, 6.07) is 6.15. The van der Waals surface area contributed by atoms with Crippen LogP contribution in [0.4, 0.5) is 0 Å². The number of rotatable bonds is 6. The van der Waals surface area contributed by atoms with Crippen LogP contribution in [0.3, 0.4) is 0 Å². The minimum absolute atomic E-state index is 0.153. The molecule has 0 aliphatic heterocycles. The molecule has 3 rings (SSSR count). The van der Waals surface area contributed by atoms with Crippen LogP contribution in [0.2, 0.25) is 0 Å². The van der Waals surface area contributed by atoms with Crippen molar-refractivity contribution in [2.45, 2.75) is 70.4 Å². The largest absolute Gasteiger partial charge is 0.378 e. The lowest BCUT2D eigenvalue weighted by Gasteiger charge is -2.57. The number of hydrogen-bond acceptors (Lipinski definition) is 3. The highest BCUT2D eigenvalue weighted by Gasteiger charge is 2.55. The molecule has 0 aromatic carbocycles. The minimum Gasteiger partial charge on any atom is -0.378 e. The van der Waals surface area contributed by atoms with Crippen molar-refractivity contribution in [1.29, 1.82) is 0 Å². The van der Waals surface area contributed by atoms with E-state index in [0.717, 1.165) is 18.7 Å². The molecule has 2 saturated carbocycles. The standard InChI is InChI=1S/C19H28N2O2/c1-2-23-17-14-16(19(17)11-5-3-6-12-19)21-18(22)10-9-15-8-4-7-13-20-15/h4,7-8,13,16-17H,2-3,5-6,9-12,14H2,1H3,(H,21,22). The third-order valence-electron chi connectivity index (χ3n) is 5.61. The number of amides is 1. The van der Waals surface area contributed by atoms with Crippen LogP contribution in [0.1, 0.15) is 57.6 Å². The van der Waals surface area contributed by atoms with Crippen LogP contribution in [0.5, 0.6) is 0 Å². The smallest absolute Gasteiger partial charge is 0.220 e. The molecule has 4 nitrogen and oxygen atoms in total. The van der Waals surface area contributed by atoms with E-state index in [1.54, 1.807) is 6.20 Å². The van der Waals surface area contributed by atoms with Gasteiger partial charge in [0.1, 0.15) is 0 Å². The lowest BCUT2D eigenvalue weighted by atomic mass is 9.55. The first-order chi connectivity index (χ1) is 11.2. The molecule has 1 aromatic rings. The number of carbonyl (C=O) groups excluding carboxylic acids is 1. The molecule has 1 aromatic heterocycles. The number of aromatic nitrogens is 1. The SMILES string of the molecule is CCOC1CC(NC(=O)CCc2ccccn2)C12CCCCC2. The van der Waals surface area contributed by atoms with Gasteiger partial charge in [-0.15, -0.1) is 0 Å². The van der Waals surface area contributed by atoms with E-state index < -0.39 is 0 Å². The summed E-state index contributed by atoms with van der Waals surface area (Å²) in [6.45, 7) is 2.84. The first-order valence-electron chi connectivity index (χ1n) is 9.05. The van der Waals surface area contributed by atoms with Gasteiger partial charge in [0.05, 0.1) is 6.10 Å². The molecule has 1 spiro atoms. The van der Waals surface area contributed by atoms with Crippen LogP contribution in [-0.4, -0.2) is 29.6 Å². The Kier molecular flexibility index (Phi) is 5.31. The predicted octanol–water partition coefficient (Wildman–Crippen LogP) is 3.26. The number of nitrogens with zero attached hydrogens (tertiary/aromatic N) is 1. The number of carbonyl (C=O) groups is 1. The number of aryl methyl sites for hydroxylation is 1. The summed E-state index contributed by atoms with van der Waals surface area (Å²) in [6.07, 6.45) is 10.6. The van der Waals surface area contributed by atoms with Gasteiger partial charge in [-0.1, -0.05) is 25.3 Å². The van der Waals surface area contributed by atoms with E-state index in [-0.39, 0.29) is 11.3 Å². The van der Waals surface area contributed by atoms with E-state index in [9.17, 15) is 4.79 Å². The van der Waals surface area contributed by atoms with Crippen LogP contribution in [0, 0.1) is 5.41 Å². The Labute approximate surface area is 139 Å². The predicted molar refractivity (Wildman–Crippen MR) is 90.0 cm³/mol. The van der Waals surface area contributed by atoms with Gasteiger partial charge in [-0.2, -0.15) is 0 Å². The van der Waals surface area contributed by atoms with Crippen molar-refractivity contribution in [1.82, 2.24) is 10.3 Å². The van der Waals surface area contributed by atoms with Gasteiger partial charge in [0.15, 0.2) is 0 Å². The third kappa shape index (κ3) is 3.57. The summed E-state index contributed by atoms with van der Waals surface area (Å²) in [5, 5.41) is 3.29. The number of ether oxygens (including phenoxy) is 1. The van der Waals surface area contributed by atoms with Crippen LogP contribution in [0.15, 0.2) is 24.4 Å². The molecule has 2 unspecified atom stereocenters. The van der Waals surface area contributed by atoms with Gasteiger partial charge in [-0.25, -0.2) is 0 Å². The zero-order chi connectivity index (χ0) is 16.1. The van der Waals surface area contributed by atoms with Gasteiger partial charge in [-0.3, -0.25) is 9.78 Å². The molecule has 1 heterocycles. The van der Waals surface area contributed by atoms with Gasteiger partial charge >= 0.3 is 0 Å². The average Bonchev–Trinajstić information content (AvgIpc) is 2.61. The quantitative estimate of drug-likeness (QED) is 0.876. The molecule has 126 valence electrons. The van der Waals surface area contributed by atoms with E-state index in [0.29, 0.717) is 25.0 Å². The third-order valence-corrected chi connectivity index (χ3v) is 5.61. The monoisotopic (exact) mass is 316 g/mol. The molecule has 4 heteroatoms. The Morgan fingerprint density at radius 2 is 2.17 bits per heavy atom. The lowest BCUT2D eigenvalue weighted by Crippen LogP contribution is -2.65.